The Balaban J connectivity index is 1.43. The van der Waals surface area contributed by atoms with Gasteiger partial charge < -0.3 is 15.7 Å². The zero-order valence-corrected chi connectivity index (χ0v) is 16.2. The number of carbonyl (C=O) groups excluding carboxylic acids is 2. The number of nitrogens with one attached hydrogen (secondary N) is 2. The van der Waals surface area contributed by atoms with Gasteiger partial charge in [0.25, 0.3) is 0 Å². The maximum atomic E-state index is 12.6. The van der Waals surface area contributed by atoms with Gasteiger partial charge in [-0.3, -0.25) is 14.6 Å². The molecule has 2 amide bonds. The molecule has 4 aromatic rings. The predicted molar refractivity (Wildman–Crippen MR) is 117 cm³/mol. The summed E-state index contributed by atoms with van der Waals surface area (Å²) < 4.78 is 0. The first kappa shape index (κ1) is 19.5. The average Bonchev–Trinajstić information content (AvgIpc) is 2.77. The largest absolute Gasteiger partial charge is 0.394 e. The Morgan fingerprint density at radius 3 is 2.60 bits per heavy atom. The van der Waals surface area contributed by atoms with Gasteiger partial charge in [-0.1, -0.05) is 48.5 Å². The zero-order chi connectivity index (χ0) is 20.9. The number of benzene rings is 3. The Kier molecular flexibility index (Phi) is 5.68. The van der Waals surface area contributed by atoms with E-state index in [1.54, 1.807) is 24.4 Å². The van der Waals surface area contributed by atoms with Gasteiger partial charge in [0.05, 0.1) is 18.5 Å². The molecule has 0 radical (unpaired) electrons. The van der Waals surface area contributed by atoms with Gasteiger partial charge in [0.2, 0.25) is 11.8 Å². The van der Waals surface area contributed by atoms with Crippen molar-refractivity contribution in [3.8, 4) is 0 Å². The molecule has 0 aliphatic rings. The maximum absolute atomic E-state index is 12.6. The molecule has 3 N–H and O–H groups in total. The Labute approximate surface area is 173 Å². The SMILES string of the molecule is O=C(Cc1cccc2ccccc12)NC(CO)C(=O)Nc1ccc2ncccc2c1. The number of carbonyl (C=O) groups is 2. The number of hydrogen-bond donors (Lipinski definition) is 3. The maximum Gasteiger partial charge on any atom is 0.249 e. The first-order chi connectivity index (χ1) is 14.6. The summed E-state index contributed by atoms with van der Waals surface area (Å²) in [6, 6.07) is 21.6. The number of aliphatic hydroxyl groups is 1. The highest BCUT2D eigenvalue weighted by atomic mass is 16.3. The molecular formula is C24H21N3O3. The highest BCUT2D eigenvalue weighted by Gasteiger charge is 2.20. The monoisotopic (exact) mass is 399 g/mol. The zero-order valence-electron chi connectivity index (χ0n) is 16.2. The molecule has 4 rings (SSSR count). The lowest BCUT2D eigenvalue weighted by Crippen LogP contribution is -2.46. The standard InChI is InChI=1S/C24H21N3O3/c28-15-22(24(30)26-19-10-11-21-18(13-19)8-4-12-25-21)27-23(29)14-17-7-3-6-16-5-1-2-9-20(16)17/h1-13,22,28H,14-15H2,(H,26,30)(H,27,29). The van der Waals surface area contributed by atoms with E-state index in [1.165, 1.54) is 0 Å². The van der Waals surface area contributed by atoms with E-state index in [4.69, 9.17) is 0 Å². The van der Waals surface area contributed by atoms with E-state index in [9.17, 15) is 14.7 Å². The first-order valence-corrected chi connectivity index (χ1v) is 9.66. The van der Waals surface area contributed by atoms with Gasteiger partial charge in [0.15, 0.2) is 0 Å². The van der Waals surface area contributed by atoms with Crippen LogP contribution in [0.15, 0.2) is 79.0 Å². The smallest absolute Gasteiger partial charge is 0.249 e. The summed E-state index contributed by atoms with van der Waals surface area (Å²) in [6.45, 7) is -0.498. The number of aromatic nitrogens is 1. The second kappa shape index (κ2) is 8.71. The van der Waals surface area contributed by atoms with E-state index in [0.29, 0.717) is 5.69 Å². The van der Waals surface area contributed by atoms with Crippen LogP contribution in [0.5, 0.6) is 0 Å². The van der Waals surface area contributed by atoms with Crippen molar-refractivity contribution in [3.05, 3.63) is 84.6 Å². The normalized spacial score (nSPS) is 11.9. The molecule has 150 valence electrons. The molecule has 0 spiro atoms. The van der Waals surface area contributed by atoms with E-state index < -0.39 is 18.6 Å². The minimum Gasteiger partial charge on any atom is -0.394 e. The van der Waals surface area contributed by atoms with Crippen LogP contribution < -0.4 is 10.6 Å². The molecule has 0 aliphatic heterocycles. The average molecular weight is 399 g/mol. The van der Waals surface area contributed by atoms with Crippen LogP contribution in [-0.2, 0) is 16.0 Å². The minimum atomic E-state index is -1.04. The summed E-state index contributed by atoms with van der Waals surface area (Å²) in [7, 11) is 0. The van der Waals surface area contributed by atoms with E-state index in [2.05, 4.69) is 15.6 Å². The van der Waals surface area contributed by atoms with Crippen molar-refractivity contribution >= 4 is 39.2 Å². The molecule has 1 heterocycles. The van der Waals surface area contributed by atoms with Gasteiger partial charge in [0.1, 0.15) is 6.04 Å². The number of pyridine rings is 1. The summed E-state index contributed by atoms with van der Waals surface area (Å²) in [6.07, 6.45) is 1.82. The van der Waals surface area contributed by atoms with Crippen LogP contribution in [-0.4, -0.2) is 34.6 Å². The molecule has 1 unspecified atom stereocenters. The van der Waals surface area contributed by atoms with Gasteiger partial charge in [-0.05, 0) is 40.6 Å². The first-order valence-electron chi connectivity index (χ1n) is 9.66. The molecule has 3 aromatic carbocycles. The highest BCUT2D eigenvalue weighted by Crippen LogP contribution is 2.19. The van der Waals surface area contributed by atoms with Crippen molar-refractivity contribution in [2.75, 3.05) is 11.9 Å². The molecule has 0 fully saturated rings. The molecule has 6 heteroatoms. The Bertz CT molecular complexity index is 1220. The topological polar surface area (TPSA) is 91.3 Å². The van der Waals surface area contributed by atoms with Gasteiger partial charge in [-0.25, -0.2) is 0 Å². The molecule has 0 saturated heterocycles. The fourth-order valence-corrected chi connectivity index (χ4v) is 3.44. The number of nitrogens with zero attached hydrogens (tertiary/aromatic N) is 1. The van der Waals surface area contributed by atoms with Crippen molar-refractivity contribution in [3.63, 3.8) is 0 Å². The van der Waals surface area contributed by atoms with Gasteiger partial charge in [-0.2, -0.15) is 0 Å². The second-order valence-corrected chi connectivity index (χ2v) is 7.02. The van der Waals surface area contributed by atoms with Crippen molar-refractivity contribution in [1.82, 2.24) is 10.3 Å². The van der Waals surface area contributed by atoms with Crippen LogP contribution in [0.1, 0.15) is 5.56 Å². The molecule has 1 aromatic heterocycles. The van der Waals surface area contributed by atoms with Crippen LogP contribution >= 0.6 is 0 Å². The lowest BCUT2D eigenvalue weighted by Gasteiger charge is -2.17. The lowest BCUT2D eigenvalue weighted by molar-refractivity contribution is -0.126. The van der Waals surface area contributed by atoms with Crippen LogP contribution in [0.25, 0.3) is 21.7 Å². The minimum absolute atomic E-state index is 0.118. The number of hydrogen-bond acceptors (Lipinski definition) is 4. The molecule has 0 bridgehead atoms. The third kappa shape index (κ3) is 4.29. The van der Waals surface area contributed by atoms with Crippen LogP contribution in [0.3, 0.4) is 0 Å². The van der Waals surface area contributed by atoms with E-state index in [0.717, 1.165) is 27.2 Å². The van der Waals surface area contributed by atoms with Crippen LogP contribution in [0.4, 0.5) is 5.69 Å². The van der Waals surface area contributed by atoms with Crippen molar-refractivity contribution in [2.24, 2.45) is 0 Å². The molecule has 1 atom stereocenters. The fraction of sp³-hybridized carbons (Fsp3) is 0.125. The quantitative estimate of drug-likeness (QED) is 0.465. The summed E-state index contributed by atoms with van der Waals surface area (Å²) in [5.74, 6) is -0.810. The van der Waals surface area contributed by atoms with Crippen molar-refractivity contribution < 1.29 is 14.7 Å². The Morgan fingerprint density at radius 1 is 0.933 bits per heavy atom. The summed E-state index contributed by atoms with van der Waals surface area (Å²) in [4.78, 5) is 29.4. The fourth-order valence-electron chi connectivity index (χ4n) is 3.44. The molecule has 6 nitrogen and oxygen atoms in total. The van der Waals surface area contributed by atoms with Crippen LogP contribution in [0.2, 0.25) is 0 Å². The van der Waals surface area contributed by atoms with E-state index >= 15 is 0 Å². The number of anilines is 1. The number of amides is 2. The van der Waals surface area contributed by atoms with Gasteiger partial charge >= 0.3 is 0 Å². The molecule has 0 saturated carbocycles. The summed E-state index contributed by atoms with van der Waals surface area (Å²) >= 11 is 0. The Hall–Kier alpha value is -3.77. The highest BCUT2D eigenvalue weighted by molar-refractivity contribution is 5.99. The second-order valence-electron chi connectivity index (χ2n) is 7.02. The molecule has 30 heavy (non-hydrogen) atoms. The predicted octanol–water partition coefficient (Wildman–Crippen LogP) is 3.05. The Morgan fingerprint density at radius 2 is 1.73 bits per heavy atom. The van der Waals surface area contributed by atoms with Gasteiger partial charge in [0, 0.05) is 17.3 Å². The van der Waals surface area contributed by atoms with Crippen molar-refractivity contribution in [1.29, 1.82) is 0 Å². The van der Waals surface area contributed by atoms with Crippen molar-refractivity contribution in [2.45, 2.75) is 12.5 Å². The third-order valence-electron chi connectivity index (χ3n) is 4.94. The number of aliphatic hydroxyl groups excluding tert-OH is 1. The third-order valence-corrected chi connectivity index (χ3v) is 4.94. The summed E-state index contributed by atoms with van der Waals surface area (Å²) in [5, 5.41) is 17.9. The molecular weight excluding hydrogens is 378 g/mol. The van der Waals surface area contributed by atoms with E-state index in [1.807, 2.05) is 54.6 Å². The van der Waals surface area contributed by atoms with Gasteiger partial charge in [-0.15, -0.1) is 0 Å². The van der Waals surface area contributed by atoms with Crippen LogP contribution in [0, 0.1) is 0 Å². The van der Waals surface area contributed by atoms with E-state index in [-0.39, 0.29) is 12.3 Å². The number of rotatable bonds is 6. The lowest BCUT2D eigenvalue weighted by atomic mass is 10.0. The number of fused-ring (bicyclic) bond motifs is 2. The summed E-state index contributed by atoms with van der Waals surface area (Å²) in [5.41, 5.74) is 2.25. The molecule has 0 aliphatic carbocycles.